The number of carbonyl (C=O) groups is 2. The highest BCUT2D eigenvalue weighted by molar-refractivity contribution is 7.18. The molecular weight excluding hydrogens is 599 g/mol. The van der Waals surface area contributed by atoms with Gasteiger partial charge in [-0.15, -0.1) is 11.3 Å². The lowest BCUT2D eigenvalue weighted by Gasteiger charge is -2.27. The largest absolute Gasteiger partial charge is 0.274 e. The molecule has 3 heterocycles. The Balaban J connectivity index is 1.21. The SMILES string of the molecule is CCCCCCN1C(=O)c2cccc3c(-c4ccc(-c5cc(-c6cccc7ccccc67)nn5-c5ccccc5)s4)ccc(c23)C1=O. The van der Waals surface area contributed by atoms with Crippen molar-refractivity contribution in [2.75, 3.05) is 6.54 Å². The molecule has 0 unspecified atom stereocenters. The van der Waals surface area contributed by atoms with Crippen molar-refractivity contribution in [2.45, 2.75) is 32.6 Å². The van der Waals surface area contributed by atoms with Gasteiger partial charge in [-0.2, -0.15) is 5.10 Å². The number of unbranched alkanes of at least 4 members (excludes halogenated alkanes) is 3. The fourth-order valence-corrected chi connectivity index (χ4v) is 7.83. The topological polar surface area (TPSA) is 55.2 Å². The summed E-state index contributed by atoms with van der Waals surface area (Å²) in [7, 11) is 0. The van der Waals surface area contributed by atoms with Gasteiger partial charge in [-0.1, -0.05) is 105 Å². The van der Waals surface area contributed by atoms with E-state index in [1.807, 2.05) is 53.2 Å². The van der Waals surface area contributed by atoms with Crippen molar-refractivity contribution in [1.29, 1.82) is 0 Å². The number of hydrogen-bond acceptors (Lipinski definition) is 4. The van der Waals surface area contributed by atoms with Crippen molar-refractivity contribution in [2.24, 2.45) is 0 Å². The van der Waals surface area contributed by atoms with Gasteiger partial charge in [-0.05, 0) is 70.6 Å². The first-order valence-electron chi connectivity index (χ1n) is 16.3. The molecule has 0 bridgehead atoms. The Bertz CT molecular complexity index is 2270. The third-order valence-electron chi connectivity index (χ3n) is 9.13. The fourth-order valence-electron chi connectivity index (χ4n) is 6.78. The van der Waals surface area contributed by atoms with E-state index in [-0.39, 0.29) is 11.8 Å². The van der Waals surface area contributed by atoms with Crippen LogP contribution in [-0.2, 0) is 0 Å². The van der Waals surface area contributed by atoms with Crippen molar-refractivity contribution in [3.63, 3.8) is 0 Å². The number of thiophene rings is 1. The van der Waals surface area contributed by atoms with Gasteiger partial charge in [0.25, 0.3) is 11.8 Å². The summed E-state index contributed by atoms with van der Waals surface area (Å²) >= 11 is 1.69. The van der Waals surface area contributed by atoms with E-state index in [4.69, 9.17) is 5.10 Å². The Kier molecular flexibility index (Phi) is 7.50. The normalized spacial score (nSPS) is 12.8. The standard InChI is InChI=1S/C41H33N3O2S/c1-2-3-4-10-25-43-40(45)33-20-12-19-32-31(21-22-34(39(32)33)41(43)46)37-23-24-38(47-37)36-26-35(42-44(36)28-15-6-5-7-16-28)30-18-11-14-27-13-8-9-17-29(27)30/h5-9,11-24,26H,2-4,10,25H2,1H3. The average Bonchev–Trinajstić information content (AvgIpc) is 3.78. The van der Waals surface area contributed by atoms with Crippen LogP contribution in [0.2, 0.25) is 0 Å². The van der Waals surface area contributed by atoms with E-state index in [1.54, 1.807) is 11.3 Å². The first-order chi connectivity index (χ1) is 23.1. The number of aromatic nitrogens is 2. The van der Waals surface area contributed by atoms with E-state index in [2.05, 4.69) is 79.7 Å². The summed E-state index contributed by atoms with van der Waals surface area (Å²) in [6.45, 7) is 2.61. The van der Waals surface area contributed by atoms with E-state index in [0.717, 1.165) is 74.4 Å². The van der Waals surface area contributed by atoms with E-state index in [0.29, 0.717) is 17.7 Å². The maximum Gasteiger partial charge on any atom is 0.261 e. The number of rotatable bonds is 9. The lowest BCUT2D eigenvalue weighted by atomic mass is 9.90. The first-order valence-corrected chi connectivity index (χ1v) is 17.1. The highest BCUT2D eigenvalue weighted by atomic mass is 32.1. The molecular formula is C41H33N3O2S. The van der Waals surface area contributed by atoms with Crippen LogP contribution in [0.5, 0.6) is 0 Å². The third-order valence-corrected chi connectivity index (χ3v) is 10.3. The molecule has 5 aromatic carbocycles. The molecule has 0 N–H and O–H groups in total. The molecule has 0 aliphatic carbocycles. The second kappa shape index (κ2) is 12.1. The molecule has 0 atom stereocenters. The van der Waals surface area contributed by atoms with Crippen molar-refractivity contribution < 1.29 is 9.59 Å². The zero-order chi connectivity index (χ0) is 31.9. The Morgan fingerprint density at radius 1 is 0.617 bits per heavy atom. The van der Waals surface area contributed by atoms with Crippen LogP contribution in [-0.4, -0.2) is 33.0 Å². The highest BCUT2D eigenvalue weighted by Gasteiger charge is 2.33. The fraction of sp³-hybridized carbons (Fsp3) is 0.146. The predicted molar refractivity (Wildman–Crippen MR) is 192 cm³/mol. The van der Waals surface area contributed by atoms with Crippen molar-refractivity contribution in [3.05, 3.63) is 132 Å². The summed E-state index contributed by atoms with van der Waals surface area (Å²) in [6.07, 6.45) is 4.05. The van der Waals surface area contributed by atoms with Gasteiger partial charge in [-0.3, -0.25) is 14.5 Å². The van der Waals surface area contributed by atoms with Crippen LogP contribution in [0.3, 0.4) is 0 Å². The first kappa shape index (κ1) is 29.1. The average molecular weight is 632 g/mol. The highest BCUT2D eigenvalue weighted by Crippen LogP contribution is 2.42. The molecule has 5 nitrogen and oxygen atoms in total. The van der Waals surface area contributed by atoms with Crippen LogP contribution in [0.1, 0.15) is 53.3 Å². The number of hydrogen-bond donors (Lipinski definition) is 0. The van der Waals surface area contributed by atoms with Gasteiger partial charge in [0.2, 0.25) is 0 Å². The van der Waals surface area contributed by atoms with Crippen molar-refractivity contribution in [3.8, 4) is 38.0 Å². The molecule has 0 radical (unpaired) electrons. The summed E-state index contributed by atoms with van der Waals surface area (Å²) < 4.78 is 2.02. The molecule has 230 valence electrons. The summed E-state index contributed by atoms with van der Waals surface area (Å²) in [5.41, 5.74) is 6.21. The van der Waals surface area contributed by atoms with E-state index >= 15 is 0 Å². The Labute approximate surface area is 277 Å². The van der Waals surface area contributed by atoms with Crippen LogP contribution >= 0.6 is 11.3 Å². The third kappa shape index (κ3) is 5.06. The molecule has 0 fully saturated rings. The number of para-hydroxylation sites is 1. The minimum Gasteiger partial charge on any atom is -0.274 e. The molecule has 0 spiro atoms. The van der Waals surface area contributed by atoms with Crippen LogP contribution in [0.15, 0.2) is 121 Å². The zero-order valence-corrected chi connectivity index (χ0v) is 27.0. The van der Waals surface area contributed by atoms with Crippen molar-refractivity contribution >= 4 is 44.7 Å². The van der Waals surface area contributed by atoms with E-state index in [1.165, 1.54) is 15.7 Å². The second-order valence-corrected chi connectivity index (χ2v) is 13.1. The smallest absolute Gasteiger partial charge is 0.261 e. The molecule has 8 rings (SSSR count). The summed E-state index contributed by atoms with van der Waals surface area (Å²) in [6, 6.07) is 41.2. The Hall–Kier alpha value is -5.33. The van der Waals surface area contributed by atoms with Gasteiger partial charge < -0.3 is 0 Å². The number of amides is 2. The maximum atomic E-state index is 13.6. The minimum absolute atomic E-state index is 0.193. The number of imide groups is 1. The monoisotopic (exact) mass is 631 g/mol. The molecule has 0 saturated heterocycles. The predicted octanol–water partition coefficient (Wildman–Crippen LogP) is 10.4. The zero-order valence-electron chi connectivity index (χ0n) is 26.1. The lowest BCUT2D eigenvalue weighted by Crippen LogP contribution is -2.40. The van der Waals surface area contributed by atoms with Gasteiger partial charge in [0.05, 0.1) is 22.0 Å². The van der Waals surface area contributed by atoms with Crippen LogP contribution < -0.4 is 0 Å². The van der Waals surface area contributed by atoms with Gasteiger partial charge in [0, 0.05) is 33.5 Å². The van der Waals surface area contributed by atoms with Gasteiger partial charge in [0.1, 0.15) is 0 Å². The van der Waals surface area contributed by atoms with Crippen LogP contribution in [0, 0.1) is 0 Å². The molecule has 7 aromatic rings. The molecule has 1 aliphatic rings. The molecule has 2 amide bonds. The molecule has 0 saturated carbocycles. The molecule has 6 heteroatoms. The van der Waals surface area contributed by atoms with Gasteiger partial charge in [0.15, 0.2) is 0 Å². The van der Waals surface area contributed by atoms with Crippen LogP contribution in [0.4, 0.5) is 0 Å². The number of nitrogens with zero attached hydrogens (tertiary/aromatic N) is 3. The van der Waals surface area contributed by atoms with Gasteiger partial charge >= 0.3 is 0 Å². The lowest BCUT2D eigenvalue weighted by molar-refractivity contribution is 0.0608. The van der Waals surface area contributed by atoms with E-state index in [9.17, 15) is 9.59 Å². The van der Waals surface area contributed by atoms with E-state index < -0.39 is 0 Å². The number of carbonyl (C=O) groups excluding carboxylic acids is 2. The summed E-state index contributed by atoms with van der Waals surface area (Å²) in [5.74, 6) is -0.386. The second-order valence-electron chi connectivity index (χ2n) is 12.1. The molecule has 1 aliphatic heterocycles. The van der Waals surface area contributed by atoms with Crippen molar-refractivity contribution in [1.82, 2.24) is 14.7 Å². The quantitative estimate of drug-likeness (QED) is 0.118. The maximum absolute atomic E-state index is 13.6. The number of benzene rings is 5. The van der Waals surface area contributed by atoms with Crippen LogP contribution in [0.25, 0.3) is 59.5 Å². The Morgan fingerprint density at radius 2 is 1.30 bits per heavy atom. The van der Waals surface area contributed by atoms with Gasteiger partial charge in [-0.25, -0.2) is 4.68 Å². The number of fused-ring (bicyclic) bond motifs is 1. The molecule has 47 heavy (non-hydrogen) atoms. The minimum atomic E-state index is -0.193. The summed E-state index contributed by atoms with van der Waals surface area (Å²) in [4.78, 5) is 30.8. The molecule has 2 aromatic heterocycles. The Morgan fingerprint density at radius 3 is 2.15 bits per heavy atom. The summed E-state index contributed by atoms with van der Waals surface area (Å²) in [5, 5.41) is 9.18.